The van der Waals surface area contributed by atoms with Gasteiger partial charge in [-0.15, -0.1) is 10.2 Å². The van der Waals surface area contributed by atoms with E-state index in [9.17, 15) is 0 Å². The molecule has 3 rings (SSSR count). The molecule has 1 fully saturated rings. The number of rotatable bonds is 5. The highest BCUT2D eigenvalue weighted by atomic mass is 16.5. The zero-order valence-corrected chi connectivity index (χ0v) is 12.9. The SMILES string of the molecule is COc1ccc(/C=N/n2cnnc2)cc1CN1CCCCC1. The Kier molecular flexibility index (Phi) is 4.80. The fourth-order valence-electron chi connectivity index (χ4n) is 2.75. The summed E-state index contributed by atoms with van der Waals surface area (Å²) in [6, 6.07) is 6.15. The Morgan fingerprint density at radius 2 is 1.95 bits per heavy atom. The molecule has 0 spiro atoms. The average Bonchev–Trinajstić information content (AvgIpc) is 3.08. The highest BCUT2D eigenvalue weighted by molar-refractivity contribution is 5.80. The van der Waals surface area contributed by atoms with Gasteiger partial charge in [0.05, 0.1) is 13.3 Å². The van der Waals surface area contributed by atoms with Gasteiger partial charge in [-0.1, -0.05) is 6.42 Å². The molecule has 0 radical (unpaired) electrons. The van der Waals surface area contributed by atoms with Crippen LogP contribution in [0.15, 0.2) is 36.0 Å². The summed E-state index contributed by atoms with van der Waals surface area (Å²) in [6.45, 7) is 3.27. The van der Waals surface area contributed by atoms with Gasteiger partial charge in [-0.3, -0.25) is 4.90 Å². The molecular weight excluding hydrogens is 278 g/mol. The van der Waals surface area contributed by atoms with E-state index in [2.05, 4.69) is 26.3 Å². The molecule has 0 atom stereocenters. The Balaban J connectivity index is 1.76. The molecule has 0 bridgehead atoms. The van der Waals surface area contributed by atoms with E-state index in [-0.39, 0.29) is 0 Å². The number of piperidine rings is 1. The Bertz CT molecular complexity index is 617. The molecule has 2 heterocycles. The molecule has 1 aromatic carbocycles. The molecule has 2 aromatic rings. The van der Waals surface area contributed by atoms with Crippen molar-refractivity contribution in [3.05, 3.63) is 42.0 Å². The van der Waals surface area contributed by atoms with Gasteiger partial charge in [-0.2, -0.15) is 5.10 Å². The minimum atomic E-state index is 0.928. The van der Waals surface area contributed by atoms with Crippen LogP contribution in [0.4, 0.5) is 0 Å². The fourth-order valence-corrected chi connectivity index (χ4v) is 2.75. The smallest absolute Gasteiger partial charge is 0.141 e. The predicted molar refractivity (Wildman–Crippen MR) is 85.1 cm³/mol. The number of hydrogen-bond donors (Lipinski definition) is 0. The van der Waals surface area contributed by atoms with Crippen molar-refractivity contribution in [3.8, 4) is 5.75 Å². The van der Waals surface area contributed by atoms with Gasteiger partial charge in [0.2, 0.25) is 0 Å². The molecule has 1 saturated heterocycles. The van der Waals surface area contributed by atoms with Crippen LogP contribution in [0.1, 0.15) is 30.4 Å². The van der Waals surface area contributed by atoms with Crippen LogP contribution in [-0.2, 0) is 6.54 Å². The first-order valence-corrected chi connectivity index (χ1v) is 7.63. The van der Waals surface area contributed by atoms with Crippen molar-refractivity contribution < 1.29 is 4.74 Å². The van der Waals surface area contributed by atoms with Crippen LogP contribution in [-0.4, -0.2) is 46.2 Å². The van der Waals surface area contributed by atoms with Crippen LogP contribution in [0.25, 0.3) is 0 Å². The fraction of sp³-hybridized carbons (Fsp3) is 0.438. The summed E-state index contributed by atoms with van der Waals surface area (Å²) in [7, 11) is 1.72. The molecule has 6 nitrogen and oxygen atoms in total. The topological polar surface area (TPSA) is 55.5 Å². The van der Waals surface area contributed by atoms with E-state index in [1.807, 2.05) is 18.3 Å². The van der Waals surface area contributed by atoms with Gasteiger partial charge in [0.1, 0.15) is 18.4 Å². The van der Waals surface area contributed by atoms with Crippen molar-refractivity contribution >= 4 is 6.21 Å². The zero-order valence-electron chi connectivity index (χ0n) is 12.9. The number of aromatic nitrogens is 3. The first-order chi connectivity index (χ1) is 10.8. The summed E-state index contributed by atoms with van der Waals surface area (Å²) < 4.78 is 7.07. The summed E-state index contributed by atoms with van der Waals surface area (Å²) >= 11 is 0. The third kappa shape index (κ3) is 3.71. The molecule has 0 unspecified atom stereocenters. The lowest BCUT2D eigenvalue weighted by atomic mass is 10.1. The van der Waals surface area contributed by atoms with Gasteiger partial charge in [0, 0.05) is 12.1 Å². The van der Waals surface area contributed by atoms with E-state index in [0.717, 1.165) is 17.9 Å². The van der Waals surface area contributed by atoms with Gasteiger partial charge in [0.25, 0.3) is 0 Å². The van der Waals surface area contributed by atoms with Crippen molar-refractivity contribution in [1.82, 2.24) is 19.8 Å². The van der Waals surface area contributed by atoms with Crippen LogP contribution in [0.2, 0.25) is 0 Å². The van der Waals surface area contributed by atoms with Gasteiger partial charge in [0.15, 0.2) is 0 Å². The summed E-state index contributed by atoms with van der Waals surface area (Å²) in [4.78, 5) is 2.49. The minimum Gasteiger partial charge on any atom is -0.496 e. The second-order valence-corrected chi connectivity index (χ2v) is 5.49. The Morgan fingerprint density at radius 1 is 1.18 bits per heavy atom. The van der Waals surface area contributed by atoms with E-state index in [1.165, 1.54) is 37.9 Å². The molecule has 1 aromatic heterocycles. The van der Waals surface area contributed by atoms with Crippen LogP contribution >= 0.6 is 0 Å². The number of hydrogen-bond acceptors (Lipinski definition) is 5. The number of likely N-dealkylation sites (tertiary alicyclic amines) is 1. The molecular formula is C16H21N5O. The van der Waals surface area contributed by atoms with Crippen LogP contribution < -0.4 is 4.74 Å². The third-order valence-corrected chi connectivity index (χ3v) is 3.89. The normalized spacial score (nSPS) is 16.2. The first-order valence-electron chi connectivity index (χ1n) is 7.63. The van der Waals surface area contributed by atoms with Gasteiger partial charge in [-0.05, 0) is 49.7 Å². The largest absolute Gasteiger partial charge is 0.496 e. The number of ether oxygens (including phenoxy) is 1. The van der Waals surface area contributed by atoms with E-state index in [1.54, 1.807) is 24.4 Å². The monoisotopic (exact) mass is 299 g/mol. The lowest BCUT2D eigenvalue weighted by Gasteiger charge is -2.27. The van der Waals surface area contributed by atoms with E-state index < -0.39 is 0 Å². The molecule has 0 saturated carbocycles. The second-order valence-electron chi connectivity index (χ2n) is 5.49. The Morgan fingerprint density at radius 3 is 2.68 bits per heavy atom. The Labute approximate surface area is 130 Å². The second kappa shape index (κ2) is 7.17. The van der Waals surface area contributed by atoms with Gasteiger partial charge >= 0.3 is 0 Å². The predicted octanol–water partition coefficient (Wildman–Crippen LogP) is 2.15. The van der Waals surface area contributed by atoms with Crippen molar-refractivity contribution in [3.63, 3.8) is 0 Å². The molecule has 0 N–H and O–H groups in total. The van der Waals surface area contributed by atoms with Crippen molar-refractivity contribution in [1.29, 1.82) is 0 Å². The lowest BCUT2D eigenvalue weighted by molar-refractivity contribution is 0.218. The van der Waals surface area contributed by atoms with Crippen LogP contribution in [0.5, 0.6) is 5.75 Å². The van der Waals surface area contributed by atoms with E-state index >= 15 is 0 Å². The summed E-state index contributed by atoms with van der Waals surface area (Å²) in [5, 5.41) is 11.8. The van der Waals surface area contributed by atoms with Crippen LogP contribution in [0, 0.1) is 0 Å². The van der Waals surface area contributed by atoms with E-state index in [4.69, 9.17) is 4.74 Å². The summed E-state index contributed by atoms with van der Waals surface area (Å²) in [5.41, 5.74) is 2.25. The van der Waals surface area contributed by atoms with E-state index in [0.29, 0.717) is 0 Å². The highest BCUT2D eigenvalue weighted by Crippen LogP contribution is 2.22. The van der Waals surface area contributed by atoms with Crippen molar-refractivity contribution in [2.24, 2.45) is 5.10 Å². The zero-order chi connectivity index (χ0) is 15.2. The standard InChI is InChI=1S/C16H21N5O/c1-22-16-6-5-14(10-19-21-12-17-18-13-21)9-15(16)11-20-7-3-2-4-8-20/h5-6,9-10,12-13H,2-4,7-8,11H2,1H3/b19-10+. The first kappa shape index (κ1) is 14.7. The van der Waals surface area contributed by atoms with Crippen molar-refractivity contribution in [2.75, 3.05) is 20.2 Å². The number of nitrogens with zero attached hydrogens (tertiary/aromatic N) is 5. The number of methoxy groups -OCH3 is 1. The maximum atomic E-state index is 5.50. The van der Waals surface area contributed by atoms with Crippen LogP contribution in [0.3, 0.4) is 0 Å². The summed E-state index contributed by atoms with van der Waals surface area (Å²) in [5.74, 6) is 0.937. The number of benzene rings is 1. The molecule has 0 aliphatic carbocycles. The van der Waals surface area contributed by atoms with Crippen molar-refractivity contribution in [2.45, 2.75) is 25.8 Å². The molecule has 22 heavy (non-hydrogen) atoms. The minimum absolute atomic E-state index is 0.928. The maximum absolute atomic E-state index is 5.50. The van der Waals surface area contributed by atoms with Gasteiger partial charge < -0.3 is 4.74 Å². The molecule has 1 aliphatic rings. The quantitative estimate of drug-likeness (QED) is 0.794. The average molecular weight is 299 g/mol. The molecule has 1 aliphatic heterocycles. The highest BCUT2D eigenvalue weighted by Gasteiger charge is 2.13. The lowest BCUT2D eigenvalue weighted by Crippen LogP contribution is -2.29. The Hall–Kier alpha value is -2.21. The molecule has 6 heteroatoms. The third-order valence-electron chi connectivity index (χ3n) is 3.89. The molecule has 116 valence electrons. The maximum Gasteiger partial charge on any atom is 0.141 e. The summed E-state index contributed by atoms with van der Waals surface area (Å²) in [6.07, 6.45) is 8.86. The van der Waals surface area contributed by atoms with Gasteiger partial charge in [-0.25, -0.2) is 4.68 Å². The molecule has 0 amide bonds.